The van der Waals surface area contributed by atoms with E-state index in [4.69, 9.17) is 17.3 Å². The first kappa shape index (κ1) is 13.0. The second-order valence-corrected chi connectivity index (χ2v) is 3.75. The number of carbonyl (C=O) groups excluding carboxylic acids is 1. The summed E-state index contributed by atoms with van der Waals surface area (Å²) < 4.78 is 37.4. The predicted molar refractivity (Wildman–Crippen MR) is 54.4 cm³/mol. The molecule has 0 spiro atoms. The first-order valence-electron chi connectivity index (χ1n) is 4.40. The zero-order valence-electron chi connectivity index (χ0n) is 8.31. The maximum atomic E-state index is 12.5. The van der Waals surface area contributed by atoms with Crippen LogP contribution in [-0.2, 0) is 6.18 Å². The highest BCUT2D eigenvalue weighted by molar-refractivity contribution is 6.31. The summed E-state index contributed by atoms with van der Waals surface area (Å²) >= 11 is 5.40. The second kappa shape index (κ2) is 4.43. The molecule has 1 rings (SSSR count). The van der Waals surface area contributed by atoms with Crippen molar-refractivity contribution in [2.75, 3.05) is 0 Å². The Kier molecular flexibility index (Phi) is 3.60. The highest BCUT2D eigenvalue weighted by Gasteiger charge is 2.33. The largest absolute Gasteiger partial charge is 0.417 e. The van der Waals surface area contributed by atoms with Crippen molar-refractivity contribution in [2.45, 2.75) is 19.1 Å². The Hall–Kier alpha value is -1.07. The van der Waals surface area contributed by atoms with Crippen LogP contribution in [0, 0.1) is 0 Å². The molecule has 0 amide bonds. The van der Waals surface area contributed by atoms with Crippen molar-refractivity contribution in [3.8, 4) is 0 Å². The Bertz CT molecular complexity index is 415. The summed E-state index contributed by atoms with van der Waals surface area (Å²) in [5, 5.41) is -0.436. The van der Waals surface area contributed by atoms with E-state index in [1.54, 1.807) is 0 Å². The Labute approximate surface area is 95.2 Å². The van der Waals surface area contributed by atoms with E-state index in [-0.39, 0.29) is 5.56 Å². The normalized spacial score (nSPS) is 13.6. The minimum absolute atomic E-state index is 0.0910. The second-order valence-electron chi connectivity index (χ2n) is 3.35. The molecule has 0 radical (unpaired) electrons. The van der Waals surface area contributed by atoms with Gasteiger partial charge < -0.3 is 5.73 Å². The topological polar surface area (TPSA) is 43.1 Å². The van der Waals surface area contributed by atoms with Crippen molar-refractivity contribution in [3.05, 3.63) is 34.3 Å². The molecule has 0 aliphatic heterocycles. The van der Waals surface area contributed by atoms with Crippen LogP contribution >= 0.6 is 11.6 Å². The number of halogens is 4. The summed E-state index contributed by atoms with van der Waals surface area (Å²) in [7, 11) is 0. The number of nitrogens with two attached hydrogens (primary N) is 1. The van der Waals surface area contributed by atoms with Gasteiger partial charge in [0, 0.05) is 5.56 Å². The van der Waals surface area contributed by atoms with E-state index in [9.17, 15) is 18.0 Å². The molecule has 0 aromatic heterocycles. The van der Waals surface area contributed by atoms with Gasteiger partial charge in [-0.1, -0.05) is 11.6 Å². The third-order valence-electron chi connectivity index (χ3n) is 1.97. The van der Waals surface area contributed by atoms with E-state index >= 15 is 0 Å². The molecule has 1 unspecified atom stereocenters. The Balaban J connectivity index is 3.23. The predicted octanol–water partition coefficient (Wildman–Crippen LogP) is 2.89. The summed E-state index contributed by atoms with van der Waals surface area (Å²) in [4.78, 5) is 11.4. The van der Waals surface area contributed by atoms with Gasteiger partial charge in [-0.25, -0.2) is 0 Å². The molecule has 2 N–H and O–H groups in total. The van der Waals surface area contributed by atoms with Crippen LogP contribution in [0.1, 0.15) is 22.8 Å². The van der Waals surface area contributed by atoms with Gasteiger partial charge in [0.15, 0.2) is 5.78 Å². The summed E-state index contributed by atoms with van der Waals surface area (Å²) in [5.74, 6) is -0.554. The average molecular weight is 252 g/mol. The van der Waals surface area contributed by atoms with Crippen molar-refractivity contribution in [1.82, 2.24) is 0 Å². The van der Waals surface area contributed by atoms with Crippen LogP contribution in [0.15, 0.2) is 18.2 Å². The molecular weight excluding hydrogens is 243 g/mol. The van der Waals surface area contributed by atoms with Crippen molar-refractivity contribution < 1.29 is 18.0 Å². The van der Waals surface area contributed by atoms with Gasteiger partial charge in [-0.15, -0.1) is 0 Å². The molecule has 6 heteroatoms. The maximum absolute atomic E-state index is 12.5. The van der Waals surface area contributed by atoms with Gasteiger partial charge in [0.05, 0.1) is 16.6 Å². The standard InChI is InChI=1S/C10H9ClF3NO/c1-5(15)9(16)6-2-3-8(11)7(4-6)10(12,13)14/h2-5H,15H2,1H3. The number of ketones is 1. The quantitative estimate of drug-likeness (QED) is 0.822. The van der Waals surface area contributed by atoms with E-state index in [0.717, 1.165) is 6.07 Å². The minimum atomic E-state index is -4.58. The fourth-order valence-corrected chi connectivity index (χ4v) is 1.38. The van der Waals surface area contributed by atoms with Crippen molar-refractivity contribution in [2.24, 2.45) is 5.73 Å². The molecule has 1 atom stereocenters. The summed E-state index contributed by atoms with van der Waals surface area (Å²) in [6.07, 6.45) is -4.58. The lowest BCUT2D eigenvalue weighted by Gasteiger charge is -2.11. The number of Topliss-reactive ketones (excluding diaryl/α,β-unsaturated/α-hetero) is 1. The van der Waals surface area contributed by atoms with Crippen LogP contribution in [0.4, 0.5) is 13.2 Å². The summed E-state index contributed by atoms with van der Waals surface area (Å²) in [5.41, 5.74) is 4.18. The molecule has 16 heavy (non-hydrogen) atoms. The van der Waals surface area contributed by atoms with Gasteiger partial charge in [-0.05, 0) is 25.1 Å². The molecule has 1 aromatic rings. The number of hydrogen-bond acceptors (Lipinski definition) is 2. The Morgan fingerprint density at radius 1 is 1.44 bits per heavy atom. The Morgan fingerprint density at radius 2 is 2.00 bits per heavy atom. The first-order valence-corrected chi connectivity index (χ1v) is 4.78. The van der Waals surface area contributed by atoms with Gasteiger partial charge in [-0.2, -0.15) is 13.2 Å². The van der Waals surface area contributed by atoms with Crippen LogP contribution < -0.4 is 5.73 Å². The van der Waals surface area contributed by atoms with Gasteiger partial charge in [0.2, 0.25) is 0 Å². The highest BCUT2D eigenvalue weighted by Crippen LogP contribution is 2.35. The van der Waals surface area contributed by atoms with Crippen LogP contribution in [0.5, 0.6) is 0 Å². The van der Waals surface area contributed by atoms with Crippen molar-refractivity contribution >= 4 is 17.4 Å². The molecule has 0 saturated heterocycles. The van der Waals surface area contributed by atoms with E-state index in [1.165, 1.54) is 13.0 Å². The van der Waals surface area contributed by atoms with Gasteiger partial charge in [-0.3, -0.25) is 4.79 Å². The fourth-order valence-electron chi connectivity index (χ4n) is 1.16. The van der Waals surface area contributed by atoms with E-state index in [1.807, 2.05) is 0 Å². The lowest BCUT2D eigenvalue weighted by atomic mass is 10.0. The van der Waals surface area contributed by atoms with Gasteiger partial charge >= 0.3 is 6.18 Å². The molecule has 0 heterocycles. The maximum Gasteiger partial charge on any atom is 0.417 e. The third-order valence-corrected chi connectivity index (χ3v) is 2.30. The molecule has 0 aliphatic rings. The van der Waals surface area contributed by atoms with Crippen LogP contribution in [0.2, 0.25) is 5.02 Å². The van der Waals surface area contributed by atoms with Crippen LogP contribution in [0.25, 0.3) is 0 Å². The van der Waals surface area contributed by atoms with Gasteiger partial charge in [0.1, 0.15) is 0 Å². The molecule has 0 saturated carbocycles. The summed E-state index contributed by atoms with van der Waals surface area (Å²) in [6, 6.07) is 2.14. The monoisotopic (exact) mass is 251 g/mol. The Morgan fingerprint density at radius 3 is 2.44 bits per heavy atom. The number of rotatable bonds is 2. The number of hydrogen-bond donors (Lipinski definition) is 1. The smallest absolute Gasteiger partial charge is 0.321 e. The minimum Gasteiger partial charge on any atom is -0.321 e. The van der Waals surface area contributed by atoms with Gasteiger partial charge in [0.25, 0.3) is 0 Å². The first-order chi connectivity index (χ1) is 7.23. The number of alkyl halides is 3. The number of benzene rings is 1. The molecule has 0 aliphatic carbocycles. The number of carbonyl (C=O) groups is 1. The SMILES string of the molecule is CC(N)C(=O)c1ccc(Cl)c(C(F)(F)F)c1. The highest BCUT2D eigenvalue weighted by atomic mass is 35.5. The molecule has 2 nitrogen and oxygen atoms in total. The van der Waals surface area contributed by atoms with Crippen LogP contribution in [-0.4, -0.2) is 11.8 Å². The van der Waals surface area contributed by atoms with Crippen molar-refractivity contribution in [1.29, 1.82) is 0 Å². The van der Waals surface area contributed by atoms with E-state index in [0.29, 0.717) is 6.07 Å². The fraction of sp³-hybridized carbons (Fsp3) is 0.300. The van der Waals surface area contributed by atoms with Crippen LogP contribution in [0.3, 0.4) is 0 Å². The molecule has 1 aromatic carbocycles. The van der Waals surface area contributed by atoms with E-state index < -0.39 is 28.6 Å². The average Bonchev–Trinajstić information content (AvgIpc) is 2.15. The molecule has 0 bridgehead atoms. The summed E-state index contributed by atoms with van der Waals surface area (Å²) in [6.45, 7) is 1.41. The lowest BCUT2D eigenvalue weighted by Crippen LogP contribution is -2.27. The third kappa shape index (κ3) is 2.74. The molecular formula is C10H9ClF3NO. The molecule has 88 valence electrons. The lowest BCUT2D eigenvalue weighted by molar-refractivity contribution is -0.137. The van der Waals surface area contributed by atoms with E-state index in [2.05, 4.69) is 0 Å². The zero-order valence-corrected chi connectivity index (χ0v) is 9.06. The zero-order chi connectivity index (χ0) is 12.5. The van der Waals surface area contributed by atoms with Crippen molar-refractivity contribution in [3.63, 3.8) is 0 Å². The molecule has 0 fully saturated rings.